The Kier molecular flexibility index (Phi) is 3.81. The summed E-state index contributed by atoms with van der Waals surface area (Å²) >= 11 is 1.68. The minimum atomic E-state index is -0.125. The van der Waals surface area contributed by atoms with Crippen molar-refractivity contribution in [2.24, 2.45) is 0 Å². The molecule has 0 aliphatic heterocycles. The van der Waals surface area contributed by atoms with Crippen molar-refractivity contribution in [2.75, 3.05) is 0 Å². The maximum absolute atomic E-state index is 11.9. The molecule has 1 amide bonds. The first-order chi connectivity index (χ1) is 8.60. The van der Waals surface area contributed by atoms with E-state index in [2.05, 4.69) is 28.5 Å². The van der Waals surface area contributed by atoms with E-state index in [1.807, 2.05) is 19.9 Å². The molecule has 0 aliphatic carbocycles. The van der Waals surface area contributed by atoms with Crippen LogP contribution in [0.3, 0.4) is 0 Å². The second-order valence-corrected chi connectivity index (χ2v) is 5.65. The highest BCUT2D eigenvalue weighted by atomic mass is 32.1. The number of hydrogen-bond donors (Lipinski definition) is 2. The van der Waals surface area contributed by atoms with Crippen LogP contribution in [0.25, 0.3) is 10.6 Å². The fourth-order valence-electron chi connectivity index (χ4n) is 1.54. The molecule has 2 aromatic rings. The zero-order chi connectivity index (χ0) is 13.1. The number of nitrogens with zero attached hydrogens (tertiary/aromatic N) is 1. The van der Waals surface area contributed by atoms with Crippen LogP contribution in [0.5, 0.6) is 0 Å². The highest BCUT2D eigenvalue weighted by Gasteiger charge is 2.13. The van der Waals surface area contributed by atoms with Gasteiger partial charge in [0.15, 0.2) is 5.69 Å². The molecular formula is C13H17N3OS. The van der Waals surface area contributed by atoms with E-state index >= 15 is 0 Å². The molecule has 2 N–H and O–H groups in total. The van der Waals surface area contributed by atoms with E-state index in [0.717, 1.165) is 17.0 Å². The molecule has 0 bridgehead atoms. The normalized spacial score (nSPS) is 12.4. The largest absolute Gasteiger partial charge is 0.348 e. The van der Waals surface area contributed by atoms with Crippen molar-refractivity contribution in [1.82, 2.24) is 15.5 Å². The second kappa shape index (κ2) is 5.35. The lowest BCUT2D eigenvalue weighted by molar-refractivity contribution is 0.0934. The molecule has 0 aliphatic rings. The van der Waals surface area contributed by atoms with Gasteiger partial charge in [-0.1, -0.05) is 6.92 Å². The van der Waals surface area contributed by atoms with Gasteiger partial charge < -0.3 is 5.32 Å². The average molecular weight is 263 g/mol. The number of nitrogens with one attached hydrogen (secondary N) is 2. The van der Waals surface area contributed by atoms with Crippen LogP contribution >= 0.6 is 11.3 Å². The van der Waals surface area contributed by atoms with E-state index in [1.165, 1.54) is 4.88 Å². The number of amides is 1. The van der Waals surface area contributed by atoms with Crippen LogP contribution in [0, 0.1) is 6.92 Å². The van der Waals surface area contributed by atoms with Crippen LogP contribution in [-0.2, 0) is 0 Å². The van der Waals surface area contributed by atoms with Crippen molar-refractivity contribution in [1.29, 1.82) is 0 Å². The van der Waals surface area contributed by atoms with Crippen molar-refractivity contribution in [2.45, 2.75) is 33.2 Å². The Morgan fingerprint density at radius 3 is 2.94 bits per heavy atom. The lowest BCUT2D eigenvalue weighted by Crippen LogP contribution is -2.32. The predicted molar refractivity (Wildman–Crippen MR) is 73.9 cm³/mol. The van der Waals surface area contributed by atoms with Gasteiger partial charge in [-0.25, -0.2) is 0 Å². The third-order valence-electron chi connectivity index (χ3n) is 2.81. The van der Waals surface area contributed by atoms with Gasteiger partial charge in [-0.3, -0.25) is 9.89 Å². The van der Waals surface area contributed by atoms with E-state index in [9.17, 15) is 4.79 Å². The summed E-state index contributed by atoms with van der Waals surface area (Å²) in [5, 5.41) is 9.86. The maximum atomic E-state index is 11.9. The molecule has 0 aromatic carbocycles. The van der Waals surface area contributed by atoms with Gasteiger partial charge in [0.05, 0.1) is 10.6 Å². The number of carbonyl (C=O) groups excluding carboxylic acids is 1. The number of aromatic amines is 1. The number of hydrogen-bond acceptors (Lipinski definition) is 3. The quantitative estimate of drug-likeness (QED) is 0.891. The SMILES string of the molecule is CC[C@@H](C)NC(=O)c1cc(-c2ccc(C)s2)[nH]n1. The summed E-state index contributed by atoms with van der Waals surface area (Å²) in [6.45, 7) is 6.07. The Balaban J connectivity index is 2.13. The summed E-state index contributed by atoms with van der Waals surface area (Å²) in [4.78, 5) is 14.2. The standard InChI is InChI=1S/C13H17N3OS/c1-4-8(2)14-13(17)11-7-10(15-16-11)12-6-5-9(3)18-12/h5-8H,4H2,1-3H3,(H,14,17)(H,15,16)/t8-/m1/s1. The fraction of sp³-hybridized carbons (Fsp3) is 0.385. The molecule has 0 saturated carbocycles. The fourth-order valence-corrected chi connectivity index (χ4v) is 2.38. The van der Waals surface area contributed by atoms with Gasteiger partial charge in [0, 0.05) is 10.9 Å². The first-order valence-electron chi connectivity index (χ1n) is 6.03. The van der Waals surface area contributed by atoms with E-state index in [0.29, 0.717) is 5.69 Å². The zero-order valence-electron chi connectivity index (χ0n) is 10.8. The second-order valence-electron chi connectivity index (χ2n) is 4.36. The van der Waals surface area contributed by atoms with Crippen LogP contribution in [0.4, 0.5) is 0 Å². The molecule has 4 nitrogen and oxygen atoms in total. The van der Waals surface area contributed by atoms with Crippen molar-refractivity contribution in [3.63, 3.8) is 0 Å². The molecule has 0 radical (unpaired) electrons. The summed E-state index contributed by atoms with van der Waals surface area (Å²) in [7, 11) is 0. The summed E-state index contributed by atoms with van der Waals surface area (Å²) in [6, 6.07) is 6.05. The predicted octanol–water partition coefficient (Wildman–Crippen LogP) is 2.97. The molecule has 2 heterocycles. The van der Waals surface area contributed by atoms with E-state index in [4.69, 9.17) is 0 Å². The topological polar surface area (TPSA) is 57.8 Å². The molecule has 2 rings (SSSR count). The van der Waals surface area contributed by atoms with Crippen molar-refractivity contribution in [3.05, 3.63) is 28.8 Å². The number of thiophene rings is 1. The van der Waals surface area contributed by atoms with Gasteiger partial charge in [0.25, 0.3) is 5.91 Å². The van der Waals surface area contributed by atoms with Crippen LogP contribution in [0.2, 0.25) is 0 Å². The molecule has 0 fully saturated rings. The van der Waals surface area contributed by atoms with Crippen molar-refractivity contribution in [3.8, 4) is 10.6 Å². The third-order valence-corrected chi connectivity index (χ3v) is 3.84. The molecular weight excluding hydrogens is 246 g/mol. The Morgan fingerprint density at radius 1 is 1.56 bits per heavy atom. The number of aryl methyl sites for hydroxylation is 1. The summed E-state index contributed by atoms with van der Waals surface area (Å²) < 4.78 is 0. The molecule has 18 heavy (non-hydrogen) atoms. The molecule has 2 aromatic heterocycles. The number of rotatable bonds is 4. The molecule has 96 valence electrons. The van der Waals surface area contributed by atoms with Crippen LogP contribution in [0.1, 0.15) is 35.6 Å². The lowest BCUT2D eigenvalue weighted by Gasteiger charge is -2.08. The zero-order valence-corrected chi connectivity index (χ0v) is 11.6. The first kappa shape index (κ1) is 12.8. The summed E-state index contributed by atoms with van der Waals surface area (Å²) in [5.74, 6) is -0.125. The van der Waals surface area contributed by atoms with Gasteiger partial charge >= 0.3 is 0 Å². The third kappa shape index (κ3) is 2.79. The lowest BCUT2D eigenvalue weighted by atomic mass is 10.2. The monoisotopic (exact) mass is 263 g/mol. The average Bonchev–Trinajstić information content (AvgIpc) is 2.96. The minimum Gasteiger partial charge on any atom is -0.348 e. The van der Waals surface area contributed by atoms with E-state index in [1.54, 1.807) is 17.4 Å². The number of aromatic nitrogens is 2. The van der Waals surface area contributed by atoms with Crippen LogP contribution < -0.4 is 5.32 Å². The van der Waals surface area contributed by atoms with Crippen LogP contribution in [0.15, 0.2) is 18.2 Å². The van der Waals surface area contributed by atoms with Gasteiger partial charge in [-0.15, -0.1) is 11.3 Å². The van der Waals surface area contributed by atoms with Gasteiger partial charge in [0.1, 0.15) is 0 Å². The Labute approximate surface area is 110 Å². The molecule has 0 saturated heterocycles. The van der Waals surface area contributed by atoms with Crippen molar-refractivity contribution >= 4 is 17.2 Å². The highest BCUT2D eigenvalue weighted by Crippen LogP contribution is 2.26. The summed E-state index contributed by atoms with van der Waals surface area (Å²) in [5.41, 5.74) is 1.33. The molecule has 1 atom stereocenters. The highest BCUT2D eigenvalue weighted by molar-refractivity contribution is 7.15. The van der Waals surface area contributed by atoms with Crippen molar-refractivity contribution < 1.29 is 4.79 Å². The Bertz CT molecular complexity index is 544. The molecule has 5 heteroatoms. The molecule has 0 spiro atoms. The Morgan fingerprint density at radius 2 is 2.33 bits per heavy atom. The number of carbonyl (C=O) groups is 1. The first-order valence-corrected chi connectivity index (χ1v) is 6.85. The van der Waals surface area contributed by atoms with Gasteiger partial charge in [-0.05, 0) is 38.5 Å². The minimum absolute atomic E-state index is 0.125. The van der Waals surface area contributed by atoms with E-state index < -0.39 is 0 Å². The smallest absolute Gasteiger partial charge is 0.271 e. The maximum Gasteiger partial charge on any atom is 0.271 e. The Hall–Kier alpha value is -1.62. The van der Waals surface area contributed by atoms with Crippen LogP contribution in [-0.4, -0.2) is 22.1 Å². The summed E-state index contributed by atoms with van der Waals surface area (Å²) in [6.07, 6.45) is 0.910. The van der Waals surface area contributed by atoms with Gasteiger partial charge in [-0.2, -0.15) is 5.10 Å². The van der Waals surface area contributed by atoms with E-state index in [-0.39, 0.29) is 11.9 Å². The molecule has 0 unspecified atom stereocenters. The number of H-pyrrole nitrogens is 1. The van der Waals surface area contributed by atoms with Gasteiger partial charge in [0.2, 0.25) is 0 Å².